The third-order valence-electron chi connectivity index (χ3n) is 2.46. The lowest BCUT2D eigenvalue weighted by Gasteiger charge is -2.34. The van der Waals surface area contributed by atoms with Crippen molar-refractivity contribution in [1.29, 1.82) is 0 Å². The van der Waals surface area contributed by atoms with Crippen LogP contribution in [0.25, 0.3) is 0 Å². The molecule has 0 spiro atoms. The van der Waals surface area contributed by atoms with Crippen molar-refractivity contribution < 1.29 is 9.59 Å². The zero-order chi connectivity index (χ0) is 11.3. The first-order valence-electron chi connectivity index (χ1n) is 5.01. The van der Waals surface area contributed by atoms with Gasteiger partial charge >= 0.3 is 0 Å². The molecule has 1 aliphatic rings. The smallest absolute Gasteiger partial charge is 0.248 e. The van der Waals surface area contributed by atoms with Gasteiger partial charge in [0.25, 0.3) is 0 Å². The van der Waals surface area contributed by atoms with Crippen LogP contribution in [0, 0.1) is 0 Å². The van der Waals surface area contributed by atoms with E-state index in [-0.39, 0.29) is 5.91 Å². The molecule has 1 fully saturated rings. The van der Waals surface area contributed by atoms with E-state index in [2.05, 4.69) is 11.5 Å². The lowest BCUT2D eigenvalue weighted by atomic mass is 10.2. The minimum atomic E-state index is 0.0283. The van der Waals surface area contributed by atoms with Gasteiger partial charge < -0.3 is 4.90 Å². The molecule has 0 saturated carbocycles. The van der Waals surface area contributed by atoms with Crippen LogP contribution in [0.5, 0.6) is 0 Å². The molecule has 4 nitrogen and oxygen atoms in total. The predicted octanol–water partition coefficient (Wildman–Crippen LogP) is 0.0945. The molecule has 4 heteroatoms. The molecule has 0 N–H and O–H groups in total. The van der Waals surface area contributed by atoms with Gasteiger partial charge in [0.2, 0.25) is 5.91 Å². The highest BCUT2D eigenvalue weighted by Gasteiger charge is 2.20. The number of carbonyl (C=O) groups excluding carboxylic acids is 2. The second kappa shape index (κ2) is 5.49. The molecule has 0 aromatic heterocycles. The van der Waals surface area contributed by atoms with E-state index in [1.54, 1.807) is 17.8 Å². The van der Waals surface area contributed by atoms with Crippen LogP contribution in [0.4, 0.5) is 0 Å². The summed E-state index contributed by atoms with van der Waals surface area (Å²) in [6, 6.07) is 0. The molecule has 0 aromatic rings. The molecule has 0 atom stereocenters. The van der Waals surface area contributed by atoms with Gasteiger partial charge in [-0.3, -0.25) is 9.69 Å². The number of amides is 1. The van der Waals surface area contributed by atoms with E-state index in [1.165, 1.54) is 6.08 Å². The van der Waals surface area contributed by atoms with Crippen molar-refractivity contribution in [3.63, 3.8) is 0 Å². The van der Waals surface area contributed by atoms with Gasteiger partial charge in [-0.1, -0.05) is 6.58 Å². The van der Waals surface area contributed by atoms with Crippen LogP contribution in [-0.4, -0.2) is 54.4 Å². The number of piperazine rings is 1. The van der Waals surface area contributed by atoms with Gasteiger partial charge in [0.05, 0.1) is 0 Å². The van der Waals surface area contributed by atoms with E-state index in [0.717, 1.165) is 13.1 Å². The summed E-state index contributed by atoms with van der Waals surface area (Å²) in [7, 11) is 0. The summed E-state index contributed by atoms with van der Waals surface area (Å²) in [5.74, 6) is 1.78. The maximum Gasteiger partial charge on any atom is 0.248 e. The third kappa shape index (κ3) is 3.35. The molecule has 1 amide bonds. The number of hydrogen-bond acceptors (Lipinski definition) is 3. The van der Waals surface area contributed by atoms with Crippen LogP contribution in [0.15, 0.2) is 18.2 Å². The van der Waals surface area contributed by atoms with E-state index in [1.807, 2.05) is 0 Å². The Morgan fingerprint density at radius 2 is 2.00 bits per heavy atom. The van der Waals surface area contributed by atoms with Gasteiger partial charge in [0, 0.05) is 44.4 Å². The molecular formula is C11H16N2O2. The Morgan fingerprint density at radius 1 is 1.40 bits per heavy atom. The van der Waals surface area contributed by atoms with Crippen molar-refractivity contribution in [2.75, 3.05) is 32.7 Å². The zero-order valence-corrected chi connectivity index (χ0v) is 9.03. The molecule has 1 rings (SSSR count). The third-order valence-corrected chi connectivity index (χ3v) is 2.46. The summed E-state index contributed by atoms with van der Waals surface area (Å²) in [6.07, 6.45) is 1.47. The molecule has 0 radical (unpaired) electrons. The number of nitrogens with zero attached hydrogens (tertiary/aromatic N) is 2. The molecule has 15 heavy (non-hydrogen) atoms. The zero-order valence-electron chi connectivity index (χ0n) is 9.03. The lowest BCUT2D eigenvalue weighted by Crippen LogP contribution is -2.48. The molecule has 0 aliphatic carbocycles. The first kappa shape index (κ1) is 11.7. The minimum Gasteiger partial charge on any atom is -0.336 e. The lowest BCUT2D eigenvalue weighted by molar-refractivity contribution is -0.128. The molecule has 1 aliphatic heterocycles. The molecular weight excluding hydrogens is 192 g/mol. The van der Waals surface area contributed by atoms with Crippen LogP contribution in [0.1, 0.15) is 6.92 Å². The van der Waals surface area contributed by atoms with Crippen molar-refractivity contribution in [2.24, 2.45) is 0 Å². The average Bonchev–Trinajstić information content (AvgIpc) is 2.26. The van der Waals surface area contributed by atoms with E-state index >= 15 is 0 Å². The normalized spacial score (nSPS) is 17.0. The van der Waals surface area contributed by atoms with Gasteiger partial charge in [-0.05, 0) is 6.92 Å². The van der Waals surface area contributed by atoms with E-state index in [4.69, 9.17) is 0 Å². The summed E-state index contributed by atoms with van der Waals surface area (Å²) < 4.78 is 0. The van der Waals surface area contributed by atoms with Crippen molar-refractivity contribution in [3.8, 4) is 0 Å². The first-order chi connectivity index (χ1) is 7.15. The fourth-order valence-electron chi connectivity index (χ4n) is 1.57. The fourth-order valence-corrected chi connectivity index (χ4v) is 1.57. The quantitative estimate of drug-likeness (QED) is 0.487. The molecule has 1 saturated heterocycles. The highest BCUT2D eigenvalue weighted by Crippen LogP contribution is 2.05. The van der Waals surface area contributed by atoms with Gasteiger partial charge in [-0.15, -0.1) is 0 Å². The Labute approximate surface area is 89.8 Å². The van der Waals surface area contributed by atoms with Gasteiger partial charge in [0.15, 0.2) is 0 Å². The number of carbonyl (C=O) groups is 1. The standard InChI is InChI=1S/C11H16N2O2/c1-10(2)11(15)13-7-5-12(6-8-13)4-3-9-14/h3H,1,4-8H2,2H3. The minimum absolute atomic E-state index is 0.0283. The SMILES string of the molecule is C=C(C)C(=O)N1CCN(CC=C=O)CC1. The summed E-state index contributed by atoms with van der Waals surface area (Å²) >= 11 is 0. The Kier molecular flexibility index (Phi) is 4.28. The van der Waals surface area contributed by atoms with Crippen molar-refractivity contribution in [2.45, 2.75) is 6.92 Å². The maximum absolute atomic E-state index is 11.6. The van der Waals surface area contributed by atoms with E-state index in [0.29, 0.717) is 25.2 Å². The van der Waals surface area contributed by atoms with E-state index < -0.39 is 0 Å². The monoisotopic (exact) mass is 208 g/mol. The summed E-state index contributed by atoms with van der Waals surface area (Å²) in [5.41, 5.74) is 0.580. The van der Waals surface area contributed by atoms with Crippen molar-refractivity contribution in [1.82, 2.24) is 9.80 Å². The Morgan fingerprint density at radius 3 is 2.47 bits per heavy atom. The largest absolute Gasteiger partial charge is 0.336 e. The van der Waals surface area contributed by atoms with Crippen LogP contribution < -0.4 is 0 Å². The molecule has 0 unspecified atom stereocenters. The molecule has 0 bridgehead atoms. The first-order valence-corrected chi connectivity index (χ1v) is 5.01. The summed E-state index contributed by atoms with van der Waals surface area (Å²) in [6.45, 7) is 9.01. The molecule has 0 aromatic carbocycles. The van der Waals surface area contributed by atoms with Crippen LogP contribution >= 0.6 is 0 Å². The van der Waals surface area contributed by atoms with Gasteiger partial charge in [-0.2, -0.15) is 0 Å². The van der Waals surface area contributed by atoms with Crippen LogP contribution in [-0.2, 0) is 9.59 Å². The Bertz CT molecular complexity index is 298. The highest BCUT2D eigenvalue weighted by atomic mass is 16.2. The van der Waals surface area contributed by atoms with Crippen molar-refractivity contribution in [3.05, 3.63) is 18.2 Å². The Hall–Kier alpha value is -1.38. The van der Waals surface area contributed by atoms with E-state index in [9.17, 15) is 9.59 Å². The fraction of sp³-hybridized carbons (Fsp3) is 0.545. The van der Waals surface area contributed by atoms with Gasteiger partial charge in [0.1, 0.15) is 5.94 Å². The molecule has 1 heterocycles. The Balaban J connectivity index is 2.38. The second-order valence-electron chi connectivity index (χ2n) is 3.70. The van der Waals surface area contributed by atoms with Gasteiger partial charge in [-0.25, -0.2) is 4.79 Å². The highest BCUT2D eigenvalue weighted by molar-refractivity contribution is 5.92. The maximum atomic E-state index is 11.6. The second-order valence-corrected chi connectivity index (χ2v) is 3.70. The van der Waals surface area contributed by atoms with Crippen LogP contribution in [0.2, 0.25) is 0 Å². The number of hydrogen-bond donors (Lipinski definition) is 0. The average molecular weight is 208 g/mol. The van der Waals surface area contributed by atoms with Crippen molar-refractivity contribution >= 4 is 11.8 Å². The topological polar surface area (TPSA) is 40.6 Å². The van der Waals surface area contributed by atoms with Crippen LogP contribution in [0.3, 0.4) is 0 Å². The molecule has 82 valence electrons. The summed E-state index contributed by atoms with van der Waals surface area (Å²) in [5, 5.41) is 0. The number of rotatable bonds is 3. The summed E-state index contributed by atoms with van der Waals surface area (Å²) in [4.78, 5) is 25.5. The predicted molar refractivity (Wildman–Crippen MR) is 58.1 cm³/mol.